The van der Waals surface area contributed by atoms with Crippen molar-refractivity contribution in [2.24, 2.45) is 7.05 Å². The molecule has 7 rings (SSSR count). The van der Waals surface area contributed by atoms with Gasteiger partial charge in [-0.2, -0.15) is 0 Å². The van der Waals surface area contributed by atoms with Gasteiger partial charge in [-0.3, -0.25) is 0 Å². The molecule has 2 heteroatoms. The molecule has 0 aliphatic carbocycles. The Morgan fingerprint density at radius 3 is 1.81 bits per heavy atom. The number of fused-ring (bicyclic) bond motifs is 4. The molecule has 1 heterocycles. The molecule has 6 aromatic carbocycles. The number of benzene rings is 6. The Labute approximate surface area is 216 Å². The maximum Gasteiger partial charge on any atom is 0.0509 e. The van der Waals surface area contributed by atoms with Crippen molar-refractivity contribution in [3.8, 4) is 11.1 Å². The summed E-state index contributed by atoms with van der Waals surface area (Å²) in [6.07, 6.45) is 0. The lowest BCUT2D eigenvalue weighted by Gasteiger charge is -2.26. The number of nitrogens with zero attached hydrogens (tertiary/aromatic N) is 2. The third-order valence-corrected chi connectivity index (χ3v) is 7.34. The van der Waals surface area contributed by atoms with Crippen LogP contribution in [0.25, 0.3) is 43.7 Å². The van der Waals surface area contributed by atoms with E-state index in [-0.39, 0.29) is 0 Å². The first-order valence-corrected chi connectivity index (χ1v) is 12.7. The summed E-state index contributed by atoms with van der Waals surface area (Å²) in [4.78, 5) is 2.35. The quantitative estimate of drug-likeness (QED) is 0.246. The maximum atomic E-state index is 2.35. The third kappa shape index (κ3) is 3.66. The number of aryl methyl sites for hydroxylation is 1. The molecule has 1 aromatic heterocycles. The van der Waals surface area contributed by atoms with Gasteiger partial charge in [0.15, 0.2) is 0 Å². The molecular formula is C35H26N2. The Morgan fingerprint density at radius 1 is 0.432 bits per heavy atom. The second-order valence-corrected chi connectivity index (χ2v) is 9.56. The molecule has 0 N–H and O–H groups in total. The van der Waals surface area contributed by atoms with E-state index in [1.54, 1.807) is 0 Å². The number of para-hydroxylation sites is 1. The summed E-state index contributed by atoms with van der Waals surface area (Å²) >= 11 is 0. The normalized spacial score (nSPS) is 11.4. The summed E-state index contributed by atoms with van der Waals surface area (Å²) < 4.78 is 2.32. The van der Waals surface area contributed by atoms with Crippen LogP contribution in [0.3, 0.4) is 0 Å². The van der Waals surface area contributed by atoms with Crippen molar-refractivity contribution < 1.29 is 0 Å². The maximum absolute atomic E-state index is 2.35. The van der Waals surface area contributed by atoms with Gasteiger partial charge in [0.05, 0.1) is 5.52 Å². The van der Waals surface area contributed by atoms with E-state index in [2.05, 4.69) is 156 Å². The Kier molecular flexibility index (Phi) is 5.04. The molecule has 0 bridgehead atoms. The van der Waals surface area contributed by atoms with E-state index in [1.807, 2.05) is 0 Å². The Bertz CT molecular complexity index is 1880. The molecule has 0 saturated heterocycles. The van der Waals surface area contributed by atoms with Crippen LogP contribution in [0.1, 0.15) is 0 Å². The standard InChI is InChI=1S/C35H26N2/c1-36-34-23-28-14-9-8-13-27(28)22-33(34)32-20-19-31(24-35(32)36)37(29-16-6-3-7-17-29)30-18-10-15-26(21-30)25-11-4-2-5-12-25/h2-24H,1H3. The van der Waals surface area contributed by atoms with Crippen LogP contribution in [-0.4, -0.2) is 4.57 Å². The van der Waals surface area contributed by atoms with E-state index < -0.39 is 0 Å². The molecule has 0 unspecified atom stereocenters. The molecule has 0 saturated carbocycles. The zero-order valence-corrected chi connectivity index (χ0v) is 20.7. The first-order chi connectivity index (χ1) is 18.3. The summed E-state index contributed by atoms with van der Waals surface area (Å²) in [5, 5.41) is 5.11. The monoisotopic (exact) mass is 474 g/mol. The lowest BCUT2D eigenvalue weighted by atomic mass is 10.0. The highest BCUT2D eigenvalue weighted by Gasteiger charge is 2.16. The average molecular weight is 475 g/mol. The minimum Gasteiger partial charge on any atom is -0.344 e. The van der Waals surface area contributed by atoms with Crippen molar-refractivity contribution in [1.82, 2.24) is 4.57 Å². The summed E-state index contributed by atoms with van der Waals surface area (Å²) in [6, 6.07) is 50.1. The Balaban J connectivity index is 1.43. The highest BCUT2D eigenvalue weighted by molar-refractivity contribution is 6.13. The molecule has 0 fully saturated rings. The van der Waals surface area contributed by atoms with Crippen LogP contribution in [0.5, 0.6) is 0 Å². The summed E-state index contributed by atoms with van der Waals surface area (Å²) in [6.45, 7) is 0. The Hall–Kier alpha value is -4.82. The van der Waals surface area contributed by atoms with E-state index in [9.17, 15) is 0 Å². The molecule has 7 aromatic rings. The molecule has 0 aliphatic heterocycles. The first kappa shape index (κ1) is 21.5. The van der Waals surface area contributed by atoms with E-state index >= 15 is 0 Å². The van der Waals surface area contributed by atoms with Gasteiger partial charge in [-0.25, -0.2) is 0 Å². The van der Waals surface area contributed by atoms with E-state index in [0.717, 1.165) is 17.1 Å². The van der Waals surface area contributed by atoms with Gasteiger partial charge in [-0.15, -0.1) is 0 Å². The van der Waals surface area contributed by atoms with Crippen molar-refractivity contribution in [2.75, 3.05) is 4.90 Å². The topological polar surface area (TPSA) is 8.17 Å². The van der Waals surface area contributed by atoms with Gasteiger partial charge in [0.2, 0.25) is 0 Å². The number of anilines is 3. The van der Waals surface area contributed by atoms with Gasteiger partial charge in [-0.05, 0) is 70.4 Å². The minimum atomic E-state index is 1.14. The smallest absolute Gasteiger partial charge is 0.0509 e. The molecule has 0 amide bonds. The van der Waals surface area contributed by atoms with Gasteiger partial charge in [0.25, 0.3) is 0 Å². The minimum absolute atomic E-state index is 1.14. The zero-order chi connectivity index (χ0) is 24.8. The molecule has 0 aliphatic rings. The van der Waals surface area contributed by atoms with Crippen LogP contribution in [-0.2, 0) is 7.05 Å². The van der Waals surface area contributed by atoms with Crippen molar-refractivity contribution in [1.29, 1.82) is 0 Å². The number of rotatable bonds is 4. The van der Waals surface area contributed by atoms with Crippen LogP contribution >= 0.6 is 0 Å². The predicted octanol–water partition coefficient (Wildman–Crippen LogP) is 9.62. The molecular weight excluding hydrogens is 448 g/mol. The van der Waals surface area contributed by atoms with Crippen LogP contribution in [0.4, 0.5) is 17.1 Å². The van der Waals surface area contributed by atoms with Gasteiger partial charge >= 0.3 is 0 Å². The van der Waals surface area contributed by atoms with Crippen LogP contribution in [0.15, 0.2) is 140 Å². The zero-order valence-electron chi connectivity index (χ0n) is 20.7. The second-order valence-electron chi connectivity index (χ2n) is 9.56. The highest BCUT2D eigenvalue weighted by atomic mass is 15.1. The van der Waals surface area contributed by atoms with Crippen LogP contribution < -0.4 is 4.90 Å². The van der Waals surface area contributed by atoms with Crippen molar-refractivity contribution in [3.05, 3.63) is 140 Å². The largest absolute Gasteiger partial charge is 0.344 e. The number of hydrogen-bond donors (Lipinski definition) is 0. The van der Waals surface area contributed by atoms with E-state index in [0.29, 0.717) is 0 Å². The fraction of sp³-hybridized carbons (Fsp3) is 0.0286. The fourth-order valence-electron chi connectivity index (χ4n) is 5.50. The highest BCUT2D eigenvalue weighted by Crippen LogP contribution is 2.39. The molecule has 0 radical (unpaired) electrons. The second kappa shape index (κ2) is 8.69. The van der Waals surface area contributed by atoms with Gasteiger partial charge in [0.1, 0.15) is 0 Å². The SMILES string of the molecule is Cn1c2cc(N(c3ccccc3)c3cccc(-c4ccccc4)c3)ccc2c2cc3ccccc3cc21. The molecule has 0 spiro atoms. The Morgan fingerprint density at radius 2 is 1.03 bits per heavy atom. The predicted molar refractivity (Wildman–Crippen MR) is 158 cm³/mol. The molecule has 176 valence electrons. The van der Waals surface area contributed by atoms with Crippen LogP contribution in [0, 0.1) is 0 Å². The van der Waals surface area contributed by atoms with Gasteiger partial charge in [0, 0.05) is 40.4 Å². The number of aromatic nitrogens is 1. The number of hydrogen-bond acceptors (Lipinski definition) is 1. The van der Waals surface area contributed by atoms with Crippen LogP contribution in [0.2, 0.25) is 0 Å². The van der Waals surface area contributed by atoms with Crippen molar-refractivity contribution >= 4 is 49.6 Å². The third-order valence-electron chi connectivity index (χ3n) is 7.34. The molecule has 0 atom stereocenters. The lowest BCUT2D eigenvalue weighted by Crippen LogP contribution is -2.10. The van der Waals surface area contributed by atoms with Crippen molar-refractivity contribution in [2.45, 2.75) is 0 Å². The van der Waals surface area contributed by atoms with Crippen molar-refractivity contribution in [3.63, 3.8) is 0 Å². The molecule has 37 heavy (non-hydrogen) atoms. The van der Waals surface area contributed by atoms with E-state index in [4.69, 9.17) is 0 Å². The average Bonchev–Trinajstić information content (AvgIpc) is 3.23. The summed E-state index contributed by atoms with van der Waals surface area (Å²) in [5.41, 5.74) is 8.31. The fourth-order valence-corrected chi connectivity index (χ4v) is 5.50. The van der Waals surface area contributed by atoms with Gasteiger partial charge < -0.3 is 9.47 Å². The summed E-state index contributed by atoms with van der Waals surface area (Å²) in [7, 11) is 2.17. The van der Waals surface area contributed by atoms with E-state index in [1.165, 1.54) is 43.7 Å². The summed E-state index contributed by atoms with van der Waals surface area (Å²) in [5.74, 6) is 0. The molecule has 2 nitrogen and oxygen atoms in total. The first-order valence-electron chi connectivity index (χ1n) is 12.7. The lowest BCUT2D eigenvalue weighted by molar-refractivity contribution is 1.01. The van der Waals surface area contributed by atoms with Gasteiger partial charge in [-0.1, -0.05) is 91.0 Å².